The van der Waals surface area contributed by atoms with Crippen molar-refractivity contribution in [2.45, 2.75) is 12.5 Å². The second-order valence-electron chi connectivity index (χ2n) is 5.24. The van der Waals surface area contributed by atoms with E-state index < -0.39 is 6.10 Å². The van der Waals surface area contributed by atoms with Crippen molar-refractivity contribution in [3.63, 3.8) is 0 Å². The molecule has 1 aliphatic rings. The molecule has 1 amide bonds. The summed E-state index contributed by atoms with van der Waals surface area (Å²) in [7, 11) is 6.16. The number of rotatable bonds is 5. The Balaban J connectivity index is 2.02. The van der Waals surface area contributed by atoms with Gasteiger partial charge in [0.15, 0.2) is 6.10 Å². The lowest BCUT2D eigenvalue weighted by Crippen LogP contribution is -2.23. The van der Waals surface area contributed by atoms with Crippen LogP contribution in [0.2, 0.25) is 0 Å². The Morgan fingerprint density at radius 3 is 2.68 bits per heavy atom. The van der Waals surface area contributed by atoms with Gasteiger partial charge in [-0.15, -0.1) is 0 Å². The maximum Gasteiger partial charge on any atom is 0.257 e. The third kappa shape index (κ3) is 3.05. The van der Waals surface area contributed by atoms with Crippen molar-refractivity contribution in [3.05, 3.63) is 23.8 Å². The van der Waals surface area contributed by atoms with Crippen molar-refractivity contribution in [1.82, 2.24) is 4.90 Å². The average Bonchev–Trinajstić information content (AvgIpc) is 2.64. The van der Waals surface area contributed by atoms with Gasteiger partial charge in [0, 0.05) is 30.5 Å². The summed E-state index contributed by atoms with van der Waals surface area (Å²) in [5, 5.41) is 12.3. The van der Waals surface area contributed by atoms with E-state index >= 15 is 0 Å². The average molecular weight is 263 g/mol. The number of fused-ring (bicyclic) bond motifs is 1. The number of nitrogens with zero attached hydrogens (tertiary/aromatic N) is 2. The summed E-state index contributed by atoms with van der Waals surface area (Å²) in [5.41, 5.74) is 2.43. The third-order valence-electron chi connectivity index (χ3n) is 3.38. The number of hydrogen-bond donors (Lipinski definition) is 2. The molecule has 0 bridgehead atoms. The fraction of sp³-hybridized carbons (Fsp3) is 0.500. The Morgan fingerprint density at radius 1 is 1.26 bits per heavy atom. The largest absolute Gasteiger partial charge is 0.378 e. The summed E-state index contributed by atoms with van der Waals surface area (Å²) in [6, 6.07) is 5.67. The van der Waals surface area contributed by atoms with Crippen LogP contribution in [0.15, 0.2) is 18.2 Å². The van der Waals surface area contributed by atoms with Gasteiger partial charge in [-0.1, -0.05) is 6.07 Å². The highest BCUT2D eigenvalue weighted by atomic mass is 16.3. The van der Waals surface area contributed by atoms with Crippen LogP contribution in [0, 0.1) is 0 Å². The summed E-state index contributed by atoms with van der Waals surface area (Å²) < 4.78 is 0. The molecule has 0 saturated heterocycles. The van der Waals surface area contributed by atoms with Gasteiger partial charge in [0.25, 0.3) is 5.91 Å². The fourth-order valence-corrected chi connectivity index (χ4v) is 2.22. The summed E-state index contributed by atoms with van der Waals surface area (Å²) in [5.74, 6) is -0.345. The summed E-state index contributed by atoms with van der Waals surface area (Å²) in [6.45, 7) is 2.00. The molecule has 1 aromatic carbocycles. The number of carbonyl (C=O) groups is 1. The second-order valence-corrected chi connectivity index (χ2v) is 5.24. The molecule has 1 aliphatic heterocycles. The van der Waals surface area contributed by atoms with E-state index in [4.69, 9.17) is 0 Å². The highest BCUT2D eigenvalue weighted by molar-refractivity contribution is 6.02. The molecule has 0 fully saturated rings. The van der Waals surface area contributed by atoms with Crippen LogP contribution < -0.4 is 10.2 Å². The van der Waals surface area contributed by atoms with Gasteiger partial charge in [0.1, 0.15) is 0 Å². The smallest absolute Gasteiger partial charge is 0.257 e. The quantitative estimate of drug-likeness (QED) is 0.834. The van der Waals surface area contributed by atoms with E-state index in [9.17, 15) is 9.90 Å². The van der Waals surface area contributed by atoms with E-state index in [0.29, 0.717) is 5.56 Å². The van der Waals surface area contributed by atoms with Crippen LogP contribution in [0.4, 0.5) is 11.4 Å². The van der Waals surface area contributed by atoms with Crippen LogP contribution in [0.25, 0.3) is 0 Å². The topological polar surface area (TPSA) is 55.8 Å². The Kier molecular flexibility index (Phi) is 4.07. The highest BCUT2D eigenvalue weighted by Crippen LogP contribution is 2.33. The van der Waals surface area contributed by atoms with E-state index in [0.717, 1.165) is 30.9 Å². The predicted octanol–water partition coefficient (Wildman–Crippen LogP) is 1.06. The molecule has 0 spiro atoms. The molecule has 5 heteroatoms. The first kappa shape index (κ1) is 13.8. The van der Waals surface area contributed by atoms with E-state index in [1.165, 1.54) is 0 Å². The van der Waals surface area contributed by atoms with Crippen LogP contribution in [0.1, 0.15) is 18.1 Å². The first-order valence-corrected chi connectivity index (χ1v) is 6.48. The van der Waals surface area contributed by atoms with Crippen molar-refractivity contribution in [2.75, 3.05) is 44.4 Å². The van der Waals surface area contributed by atoms with E-state index in [2.05, 4.69) is 29.2 Å². The molecule has 0 saturated carbocycles. The SMILES string of the molecule is CN(C)CCCN(C)c1ccc2c(c1)NC(=O)C2O. The molecule has 104 valence electrons. The van der Waals surface area contributed by atoms with Gasteiger partial charge in [0.2, 0.25) is 0 Å². The molecule has 2 N–H and O–H groups in total. The number of anilines is 2. The fourth-order valence-electron chi connectivity index (χ4n) is 2.22. The van der Waals surface area contributed by atoms with Gasteiger partial charge < -0.3 is 20.2 Å². The number of nitrogens with one attached hydrogen (secondary N) is 1. The molecule has 1 atom stereocenters. The lowest BCUT2D eigenvalue weighted by Gasteiger charge is -2.21. The number of carbonyl (C=O) groups excluding carboxylic acids is 1. The van der Waals surface area contributed by atoms with Gasteiger partial charge in [0.05, 0.1) is 0 Å². The number of benzene rings is 1. The van der Waals surface area contributed by atoms with Crippen LogP contribution >= 0.6 is 0 Å². The zero-order valence-corrected chi connectivity index (χ0v) is 11.7. The first-order chi connectivity index (χ1) is 8.99. The molecule has 0 aliphatic carbocycles. The van der Waals surface area contributed by atoms with Crippen molar-refractivity contribution in [2.24, 2.45) is 0 Å². The van der Waals surface area contributed by atoms with Crippen molar-refractivity contribution < 1.29 is 9.90 Å². The highest BCUT2D eigenvalue weighted by Gasteiger charge is 2.28. The first-order valence-electron chi connectivity index (χ1n) is 6.48. The minimum absolute atomic E-state index is 0.345. The van der Waals surface area contributed by atoms with Gasteiger partial charge in [-0.05, 0) is 39.2 Å². The van der Waals surface area contributed by atoms with Gasteiger partial charge in [-0.2, -0.15) is 0 Å². The maximum atomic E-state index is 11.4. The minimum atomic E-state index is -1.02. The number of hydrogen-bond acceptors (Lipinski definition) is 4. The molecule has 0 aromatic heterocycles. The van der Waals surface area contributed by atoms with Crippen LogP contribution in [-0.4, -0.2) is 50.1 Å². The number of aliphatic hydroxyl groups excluding tert-OH is 1. The molecular formula is C14H21N3O2. The monoisotopic (exact) mass is 263 g/mol. The molecule has 5 nitrogen and oxygen atoms in total. The van der Waals surface area contributed by atoms with E-state index in [1.807, 2.05) is 25.2 Å². The standard InChI is InChI=1S/C14H21N3O2/c1-16(2)7-4-8-17(3)10-5-6-11-12(9-10)15-14(19)13(11)18/h5-6,9,13,18H,4,7-8H2,1-3H3,(H,15,19). The van der Waals surface area contributed by atoms with Crippen LogP contribution in [-0.2, 0) is 4.79 Å². The van der Waals surface area contributed by atoms with E-state index in [-0.39, 0.29) is 5.91 Å². The molecule has 2 rings (SSSR count). The summed E-state index contributed by atoms with van der Waals surface area (Å²) in [4.78, 5) is 15.7. The molecule has 1 heterocycles. The molecule has 1 unspecified atom stereocenters. The Hall–Kier alpha value is -1.59. The second kappa shape index (κ2) is 5.59. The molecular weight excluding hydrogens is 242 g/mol. The lowest BCUT2D eigenvalue weighted by atomic mass is 10.1. The Bertz CT molecular complexity index is 474. The molecule has 19 heavy (non-hydrogen) atoms. The molecule has 1 aromatic rings. The zero-order chi connectivity index (χ0) is 14.0. The number of amides is 1. The third-order valence-corrected chi connectivity index (χ3v) is 3.38. The summed E-state index contributed by atoms with van der Waals surface area (Å²) in [6.07, 6.45) is 0.0540. The lowest BCUT2D eigenvalue weighted by molar-refractivity contribution is -0.123. The molecule has 0 radical (unpaired) electrons. The van der Waals surface area contributed by atoms with Gasteiger partial charge in [-0.25, -0.2) is 0 Å². The minimum Gasteiger partial charge on any atom is -0.378 e. The zero-order valence-electron chi connectivity index (χ0n) is 11.7. The maximum absolute atomic E-state index is 11.4. The van der Waals surface area contributed by atoms with Gasteiger partial charge >= 0.3 is 0 Å². The normalized spacial score (nSPS) is 17.5. The van der Waals surface area contributed by atoms with Gasteiger partial charge in [-0.3, -0.25) is 4.79 Å². The predicted molar refractivity (Wildman–Crippen MR) is 76.5 cm³/mol. The number of aliphatic hydroxyl groups is 1. The van der Waals surface area contributed by atoms with Crippen molar-refractivity contribution in [3.8, 4) is 0 Å². The van der Waals surface area contributed by atoms with Crippen molar-refractivity contribution >= 4 is 17.3 Å². The van der Waals surface area contributed by atoms with Crippen LogP contribution in [0.3, 0.4) is 0 Å². The Morgan fingerprint density at radius 2 is 2.00 bits per heavy atom. The van der Waals surface area contributed by atoms with Crippen LogP contribution in [0.5, 0.6) is 0 Å². The summed E-state index contributed by atoms with van der Waals surface area (Å²) >= 11 is 0. The van der Waals surface area contributed by atoms with Crippen molar-refractivity contribution in [1.29, 1.82) is 0 Å². The van der Waals surface area contributed by atoms with E-state index in [1.54, 1.807) is 0 Å². The Labute approximate surface area is 113 Å².